The third kappa shape index (κ3) is 3.34. The van der Waals surface area contributed by atoms with E-state index >= 15 is 0 Å². The molecule has 2 N–H and O–H groups in total. The number of nitrogens with zero attached hydrogens (tertiary/aromatic N) is 1. The summed E-state index contributed by atoms with van der Waals surface area (Å²) in [5, 5.41) is 8.44. The molecular formula is C17H23N3S. The van der Waals surface area contributed by atoms with E-state index < -0.39 is 0 Å². The van der Waals surface area contributed by atoms with Gasteiger partial charge < -0.3 is 10.6 Å². The smallest absolute Gasteiger partial charge is 0.109 e. The van der Waals surface area contributed by atoms with E-state index in [-0.39, 0.29) is 0 Å². The maximum Gasteiger partial charge on any atom is 0.109 e. The number of rotatable bonds is 5. The molecule has 4 heteroatoms. The largest absolute Gasteiger partial charge is 0.309 e. The monoisotopic (exact) mass is 301 g/mol. The number of aromatic nitrogens is 1. The summed E-state index contributed by atoms with van der Waals surface area (Å²) in [6.45, 7) is 6.39. The highest BCUT2D eigenvalue weighted by Crippen LogP contribution is 2.24. The molecule has 1 aromatic heterocycles. The molecule has 2 atom stereocenters. The van der Waals surface area contributed by atoms with E-state index in [0.717, 1.165) is 25.9 Å². The highest BCUT2D eigenvalue weighted by Gasteiger charge is 2.20. The van der Waals surface area contributed by atoms with Gasteiger partial charge in [-0.2, -0.15) is 0 Å². The van der Waals surface area contributed by atoms with Crippen molar-refractivity contribution in [1.29, 1.82) is 0 Å². The van der Waals surface area contributed by atoms with Crippen LogP contribution in [0.15, 0.2) is 30.5 Å². The van der Waals surface area contributed by atoms with Crippen LogP contribution < -0.4 is 10.6 Å². The van der Waals surface area contributed by atoms with Crippen LogP contribution in [0.3, 0.4) is 0 Å². The second-order valence-electron chi connectivity index (χ2n) is 5.60. The predicted octanol–water partition coefficient (Wildman–Crippen LogP) is 3.24. The van der Waals surface area contributed by atoms with Crippen LogP contribution in [0.5, 0.6) is 0 Å². The van der Waals surface area contributed by atoms with E-state index in [1.165, 1.54) is 21.0 Å². The van der Waals surface area contributed by atoms with Crippen molar-refractivity contribution < 1.29 is 0 Å². The molecule has 2 unspecified atom stereocenters. The van der Waals surface area contributed by atoms with Crippen LogP contribution in [0.2, 0.25) is 0 Å². The molecule has 0 bridgehead atoms. The standard InChI is InChI=1S/C17H23N3S/c1-3-14-10-20-17(21-14)12(2)19-11-16-15-7-5-4-6-13(15)8-9-18-16/h4-7,10,12,16,18-19H,3,8-9,11H2,1-2H3. The molecule has 0 amide bonds. The molecule has 112 valence electrons. The maximum absolute atomic E-state index is 4.53. The van der Waals surface area contributed by atoms with Crippen LogP contribution in [0.1, 0.15) is 46.9 Å². The van der Waals surface area contributed by atoms with Gasteiger partial charge in [0, 0.05) is 23.7 Å². The molecule has 0 aliphatic carbocycles. The molecule has 2 heterocycles. The van der Waals surface area contributed by atoms with Gasteiger partial charge in [-0.3, -0.25) is 0 Å². The van der Waals surface area contributed by atoms with Gasteiger partial charge in [0.15, 0.2) is 0 Å². The minimum atomic E-state index is 0.311. The summed E-state index contributed by atoms with van der Waals surface area (Å²) in [4.78, 5) is 5.89. The van der Waals surface area contributed by atoms with E-state index in [1.807, 2.05) is 17.5 Å². The van der Waals surface area contributed by atoms with Gasteiger partial charge in [0.1, 0.15) is 5.01 Å². The van der Waals surface area contributed by atoms with E-state index in [0.29, 0.717) is 12.1 Å². The average Bonchev–Trinajstić information content (AvgIpc) is 3.01. The molecule has 0 saturated carbocycles. The van der Waals surface area contributed by atoms with E-state index in [2.05, 4.69) is 53.7 Å². The molecule has 3 rings (SSSR count). The van der Waals surface area contributed by atoms with Crippen molar-refractivity contribution in [1.82, 2.24) is 15.6 Å². The molecule has 21 heavy (non-hydrogen) atoms. The maximum atomic E-state index is 4.53. The second-order valence-corrected chi connectivity index (χ2v) is 6.75. The van der Waals surface area contributed by atoms with Crippen LogP contribution in [-0.2, 0) is 12.8 Å². The minimum Gasteiger partial charge on any atom is -0.309 e. The molecular weight excluding hydrogens is 278 g/mol. The Morgan fingerprint density at radius 1 is 1.43 bits per heavy atom. The van der Waals surface area contributed by atoms with Crippen LogP contribution >= 0.6 is 11.3 Å². The van der Waals surface area contributed by atoms with Crippen molar-refractivity contribution in [3.05, 3.63) is 51.5 Å². The van der Waals surface area contributed by atoms with Crippen molar-refractivity contribution in [2.75, 3.05) is 13.1 Å². The second kappa shape index (κ2) is 6.69. The zero-order valence-electron chi connectivity index (χ0n) is 12.7. The number of thiazole rings is 1. The Morgan fingerprint density at radius 2 is 2.29 bits per heavy atom. The van der Waals surface area contributed by atoms with Gasteiger partial charge in [-0.05, 0) is 37.4 Å². The first-order valence-corrected chi connectivity index (χ1v) is 8.58. The first-order valence-electron chi connectivity index (χ1n) is 7.77. The molecule has 0 saturated heterocycles. The lowest BCUT2D eigenvalue weighted by atomic mass is 9.94. The molecule has 1 aliphatic heterocycles. The fourth-order valence-electron chi connectivity index (χ4n) is 2.84. The average molecular weight is 301 g/mol. The highest BCUT2D eigenvalue weighted by atomic mass is 32.1. The number of hydrogen-bond acceptors (Lipinski definition) is 4. The van der Waals surface area contributed by atoms with Crippen molar-refractivity contribution in [3.63, 3.8) is 0 Å². The quantitative estimate of drug-likeness (QED) is 0.890. The third-order valence-electron chi connectivity index (χ3n) is 4.13. The first-order chi connectivity index (χ1) is 10.3. The van der Waals surface area contributed by atoms with Crippen LogP contribution in [-0.4, -0.2) is 18.1 Å². The van der Waals surface area contributed by atoms with Crippen molar-refractivity contribution in [2.24, 2.45) is 0 Å². The van der Waals surface area contributed by atoms with Gasteiger partial charge in [-0.15, -0.1) is 11.3 Å². The Balaban J connectivity index is 1.63. The summed E-state index contributed by atoms with van der Waals surface area (Å²) in [7, 11) is 0. The summed E-state index contributed by atoms with van der Waals surface area (Å²) in [5.74, 6) is 0. The number of benzene rings is 1. The number of nitrogens with one attached hydrogen (secondary N) is 2. The molecule has 1 aliphatic rings. The minimum absolute atomic E-state index is 0.311. The zero-order chi connectivity index (χ0) is 14.7. The van der Waals surface area contributed by atoms with Crippen LogP contribution in [0.25, 0.3) is 0 Å². The topological polar surface area (TPSA) is 37.0 Å². The van der Waals surface area contributed by atoms with Crippen molar-refractivity contribution in [3.8, 4) is 0 Å². The lowest BCUT2D eigenvalue weighted by Crippen LogP contribution is -2.37. The summed E-state index contributed by atoms with van der Waals surface area (Å²) in [6, 6.07) is 9.49. The SMILES string of the molecule is CCc1cnc(C(C)NCC2NCCc3ccccc32)s1. The van der Waals surface area contributed by atoms with Gasteiger partial charge in [0.05, 0.1) is 6.04 Å². The molecule has 3 nitrogen and oxygen atoms in total. The lowest BCUT2D eigenvalue weighted by Gasteiger charge is -2.28. The summed E-state index contributed by atoms with van der Waals surface area (Å²) in [6.07, 6.45) is 4.21. The van der Waals surface area contributed by atoms with E-state index in [9.17, 15) is 0 Å². The lowest BCUT2D eigenvalue weighted by molar-refractivity contribution is 0.442. The van der Waals surface area contributed by atoms with Crippen LogP contribution in [0, 0.1) is 0 Å². The number of hydrogen-bond donors (Lipinski definition) is 2. The van der Waals surface area contributed by atoms with Crippen molar-refractivity contribution >= 4 is 11.3 Å². The van der Waals surface area contributed by atoms with Crippen LogP contribution in [0.4, 0.5) is 0 Å². The molecule has 0 radical (unpaired) electrons. The van der Waals surface area contributed by atoms with Crippen molar-refractivity contribution in [2.45, 2.75) is 38.8 Å². The number of fused-ring (bicyclic) bond motifs is 1. The Bertz CT molecular complexity index is 593. The van der Waals surface area contributed by atoms with Gasteiger partial charge >= 0.3 is 0 Å². The Hall–Kier alpha value is -1.23. The van der Waals surface area contributed by atoms with Gasteiger partial charge in [-0.25, -0.2) is 4.98 Å². The van der Waals surface area contributed by atoms with E-state index in [4.69, 9.17) is 0 Å². The Labute approximate surface area is 130 Å². The molecule has 0 spiro atoms. The summed E-state index contributed by atoms with van der Waals surface area (Å²) >= 11 is 1.82. The molecule has 1 aromatic carbocycles. The van der Waals surface area contributed by atoms with Gasteiger partial charge in [-0.1, -0.05) is 31.2 Å². The third-order valence-corrected chi connectivity index (χ3v) is 5.46. The van der Waals surface area contributed by atoms with Gasteiger partial charge in [0.2, 0.25) is 0 Å². The summed E-state index contributed by atoms with van der Waals surface area (Å²) < 4.78 is 0. The number of aryl methyl sites for hydroxylation is 1. The summed E-state index contributed by atoms with van der Waals surface area (Å²) in [5.41, 5.74) is 2.93. The fraction of sp³-hybridized carbons (Fsp3) is 0.471. The predicted molar refractivity (Wildman–Crippen MR) is 88.8 cm³/mol. The van der Waals surface area contributed by atoms with Gasteiger partial charge in [0.25, 0.3) is 0 Å². The zero-order valence-corrected chi connectivity index (χ0v) is 13.5. The fourth-order valence-corrected chi connectivity index (χ4v) is 3.73. The molecule has 2 aromatic rings. The Kier molecular flexibility index (Phi) is 4.68. The highest BCUT2D eigenvalue weighted by molar-refractivity contribution is 7.11. The first kappa shape index (κ1) is 14.7. The molecule has 0 fully saturated rings. The van der Waals surface area contributed by atoms with E-state index in [1.54, 1.807) is 0 Å². The Morgan fingerprint density at radius 3 is 3.10 bits per heavy atom. The normalized spacial score (nSPS) is 19.2.